The predicted octanol–water partition coefficient (Wildman–Crippen LogP) is 2.37. The summed E-state index contributed by atoms with van der Waals surface area (Å²) >= 11 is 0. The lowest BCUT2D eigenvalue weighted by molar-refractivity contribution is -0.384. The van der Waals surface area contributed by atoms with Crippen LogP contribution >= 0.6 is 0 Å². The summed E-state index contributed by atoms with van der Waals surface area (Å²) < 4.78 is 0. The van der Waals surface area contributed by atoms with Crippen LogP contribution in [-0.2, 0) is 6.42 Å². The maximum atomic E-state index is 10.8. The van der Waals surface area contributed by atoms with Crippen LogP contribution in [0.25, 0.3) is 11.4 Å². The average molecular weight is 368 g/mol. The zero-order valence-corrected chi connectivity index (χ0v) is 15.3. The van der Waals surface area contributed by atoms with Crippen LogP contribution in [-0.4, -0.2) is 49.1 Å². The van der Waals surface area contributed by atoms with Gasteiger partial charge in [0.25, 0.3) is 5.69 Å². The van der Waals surface area contributed by atoms with Crippen LogP contribution < -0.4 is 4.90 Å². The molecule has 0 radical (unpaired) electrons. The second-order valence-corrected chi connectivity index (χ2v) is 6.25. The number of likely N-dealkylation sites (N-methyl/N-ethyl adjacent to an activating group) is 1. The van der Waals surface area contributed by atoms with E-state index in [0.29, 0.717) is 18.2 Å². The number of anilines is 1. The van der Waals surface area contributed by atoms with E-state index in [1.807, 2.05) is 31.9 Å². The highest BCUT2D eigenvalue weighted by atomic mass is 16.6. The minimum Gasteiger partial charge on any atom is -0.359 e. The second-order valence-electron chi connectivity index (χ2n) is 6.25. The quantitative estimate of drug-likeness (QED) is 0.497. The number of non-ortho nitro benzene ring substituents is 1. The van der Waals surface area contributed by atoms with E-state index in [0.717, 1.165) is 23.5 Å². The number of nitrogens with zero attached hydrogens (tertiary/aromatic N) is 7. The standard InChI is InChI=1S/C17H20N8O2/c1-4-13-9-15(24(3)10-11(2)16-20-22-23-21-16)19-17(18-13)12-5-7-14(8-6-12)25(26)27/h5-9,11H,4,10H2,1-3H3,(H,20,21,22,23). The van der Waals surface area contributed by atoms with Crippen molar-refractivity contribution in [3.05, 3.63) is 52.0 Å². The smallest absolute Gasteiger partial charge is 0.269 e. The molecule has 140 valence electrons. The van der Waals surface area contributed by atoms with Crippen molar-refractivity contribution in [3.63, 3.8) is 0 Å². The first-order chi connectivity index (χ1) is 13.0. The van der Waals surface area contributed by atoms with E-state index in [4.69, 9.17) is 0 Å². The Morgan fingerprint density at radius 3 is 2.59 bits per heavy atom. The largest absolute Gasteiger partial charge is 0.359 e. The summed E-state index contributed by atoms with van der Waals surface area (Å²) in [5.41, 5.74) is 1.67. The SMILES string of the molecule is CCc1cc(N(C)CC(C)c2nn[nH]n2)nc(-c2ccc([N+](=O)[O-])cc2)n1. The Morgan fingerprint density at radius 2 is 2.00 bits per heavy atom. The third-order valence-corrected chi connectivity index (χ3v) is 4.21. The van der Waals surface area contributed by atoms with Gasteiger partial charge in [-0.15, -0.1) is 10.2 Å². The number of tetrazole rings is 1. The molecule has 10 nitrogen and oxygen atoms in total. The van der Waals surface area contributed by atoms with Gasteiger partial charge in [-0.25, -0.2) is 9.97 Å². The van der Waals surface area contributed by atoms with Crippen molar-refractivity contribution in [2.45, 2.75) is 26.2 Å². The van der Waals surface area contributed by atoms with E-state index in [-0.39, 0.29) is 11.6 Å². The molecule has 0 saturated heterocycles. The summed E-state index contributed by atoms with van der Waals surface area (Å²) in [4.78, 5) is 21.6. The Balaban J connectivity index is 1.87. The number of nitrogens with one attached hydrogen (secondary N) is 1. The Hall–Kier alpha value is -3.43. The molecule has 2 heterocycles. The third-order valence-electron chi connectivity index (χ3n) is 4.21. The van der Waals surface area contributed by atoms with Crippen molar-refractivity contribution in [1.82, 2.24) is 30.6 Å². The van der Waals surface area contributed by atoms with Gasteiger partial charge in [0.2, 0.25) is 0 Å². The Morgan fingerprint density at radius 1 is 1.26 bits per heavy atom. The van der Waals surface area contributed by atoms with Gasteiger partial charge in [-0.05, 0) is 18.6 Å². The van der Waals surface area contributed by atoms with Crippen molar-refractivity contribution in [3.8, 4) is 11.4 Å². The van der Waals surface area contributed by atoms with Crippen LogP contribution in [0.5, 0.6) is 0 Å². The lowest BCUT2D eigenvalue weighted by Crippen LogP contribution is -2.25. The molecular weight excluding hydrogens is 348 g/mol. The first-order valence-corrected chi connectivity index (χ1v) is 8.55. The fourth-order valence-electron chi connectivity index (χ4n) is 2.69. The lowest BCUT2D eigenvalue weighted by Gasteiger charge is -2.22. The van der Waals surface area contributed by atoms with Gasteiger partial charge >= 0.3 is 0 Å². The molecule has 0 aliphatic carbocycles. The molecule has 0 spiro atoms. The second kappa shape index (κ2) is 7.85. The van der Waals surface area contributed by atoms with E-state index < -0.39 is 4.92 Å². The number of rotatable bonds is 7. The first kappa shape index (κ1) is 18.4. The van der Waals surface area contributed by atoms with Gasteiger partial charge in [-0.2, -0.15) is 5.21 Å². The molecule has 27 heavy (non-hydrogen) atoms. The van der Waals surface area contributed by atoms with E-state index in [1.165, 1.54) is 12.1 Å². The van der Waals surface area contributed by atoms with Crippen LogP contribution in [0.4, 0.5) is 11.5 Å². The van der Waals surface area contributed by atoms with Crippen LogP contribution in [0, 0.1) is 10.1 Å². The molecule has 2 aromatic heterocycles. The number of aromatic amines is 1. The van der Waals surface area contributed by atoms with Crippen LogP contribution in [0.1, 0.15) is 31.3 Å². The van der Waals surface area contributed by atoms with Gasteiger partial charge in [0.1, 0.15) is 5.82 Å². The zero-order valence-electron chi connectivity index (χ0n) is 15.3. The van der Waals surface area contributed by atoms with Crippen LogP contribution in [0.15, 0.2) is 30.3 Å². The highest BCUT2D eigenvalue weighted by molar-refractivity contribution is 5.60. The summed E-state index contributed by atoms with van der Waals surface area (Å²) in [6, 6.07) is 8.19. The van der Waals surface area contributed by atoms with Crippen molar-refractivity contribution < 1.29 is 4.92 Å². The summed E-state index contributed by atoms with van der Waals surface area (Å²) in [6.07, 6.45) is 0.754. The maximum absolute atomic E-state index is 10.8. The topological polar surface area (TPSA) is 127 Å². The van der Waals surface area contributed by atoms with Gasteiger partial charge in [0.15, 0.2) is 11.6 Å². The fraction of sp³-hybridized carbons (Fsp3) is 0.353. The molecule has 0 fully saturated rings. The molecule has 0 bridgehead atoms. The monoisotopic (exact) mass is 368 g/mol. The normalized spacial score (nSPS) is 12.0. The summed E-state index contributed by atoms with van der Waals surface area (Å²) in [6.45, 7) is 4.69. The maximum Gasteiger partial charge on any atom is 0.269 e. The van der Waals surface area contributed by atoms with Gasteiger partial charge in [0, 0.05) is 49.0 Å². The molecule has 3 rings (SSSR count). The molecule has 0 amide bonds. The number of aromatic nitrogens is 6. The minimum atomic E-state index is -0.425. The number of H-pyrrole nitrogens is 1. The molecule has 0 aliphatic heterocycles. The Kier molecular flexibility index (Phi) is 5.34. The molecule has 1 atom stereocenters. The van der Waals surface area contributed by atoms with Crippen molar-refractivity contribution in [2.24, 2.45) is 0 Å². The van der Waals surface area contributed by atoms with E-state index in [1.54, 1.807) is 12.1 Å². The number of hydrogen-bond acceptors (Lipinski definition) is 8. The van der Waals surface area contributed by atoms with E-state index >= 15 is 0 Å². The Labute approximate surface area is 155 Å². The molecular formula is C17H20N8O2. The molecule has 1 unspecified atom stereocenters. The van der Waals surface area contributed by atoms with E-state index in [2.05, 4.69) is 30.6 Å². The number of aryl methyl sites for hydroxylation is 1. The average Bonchev–Trinajstić information content (AvgIpc) is 3.22. The van der Waals surface area contributed by atoms with Crippen molar-refractivity contribution in [2.75, 3.05) is 18.5 Å². The third kappa shape index (κ3) is 4.22. The van der Waals surface area contributed by atoms with Gasteiger partial charge in [0.05, 0.1) is 4.92 Å². The van der Waals surface area contributed by atoms with E-state index in [9.17, 15) is 10.1 Å². The molecule has 0 aliphatic rings. The lowest BCUT2D eigenvalue weighted by atomic mass is 10.1. The molecule has 3 aromatic rings. The van der Waals surface area contributed by atoms with Gasteiger partial charge in [-0.3, -0.25) is 10.1 Å². The number of hydrogen-bond donors (Lipinski definition) is 1. The Bertz CT molecular complexity index is 911. The summed E-state index contributed by atoms with van der Waals surface area (Å²) in [7, 11) is 1.94. The first-order valence-electron chi connectivity index (χ1n) is 8.55. The number of nitro benzene ring substituents is 1. The minimum absolute atomic E-state index is 0.0386. The van der Waals surface area contributed by atoms with Crippen molar-refractivity contribution in [1.29, 1.82) is 0 Å². The highest BCUT2D eigenvalue weighted by Gasteiger charge is 2.16. The molecule has 1 N–H and O–H groups in total. The highest BCUT2D eigenvalue weighted by Crippen LogP contribution is 2.23. The van der Waals surface area contributed by atoms with Gasteiger partial charge < -0.3 is 4.90 Å². The predicted molar refractivity (Wildman–Crippen MR) is 99.4 cm³/mol. The zero-order chi connectivity index (χ0) is 19.4. The molecule has 1 aromatic carbocycles. The van der Waals surface area contributed by atoms with Gasteiger partial charge in [-0.1, -0.05) is 19.1 Å². The fourth-order valence-corrected chi connectivity index (χ4v) is 2.69. The summed E-state index contributed by atoms with van der Waals surface area (Å²) in [5.74, 6) is 2.02. The number of benzene rings is 1. The molecule has 0 saturated carbocycles. The number of nitro groups is 1. The van der Waals surface area contributed by atoms with Crippen LogP contribution in [0.2, 0.25) is 0 Å². The van der Waals surface area contributed by atoms with Crippen molar-refractivity contribution >= 4 is 11.5 Å². The summed E-state index contributed by atoms with van der Waals surface area (Å²) in [5, 5.41) is 24.9. The molecule has 10 heteroatoms. The van der Waals surface area contributed by atoms with Crippen LogP contribution in [0.3, 0.4) is 0 Å².